The predicted octanol–water partition coefficient (Wildman–Crippen LogP) is 11.1. The van der Waals surface area contributed by atoms with Crippen LogP contribution in [0.5, 0.6) is 0 Å². The number of carbonyl (C=O) groups excluding carboxylic acids is 1. The molecule has 0 aromatic carbocycles. The number of esters is 1. The van der Waals surface area contributed by atoms with Gasteiger partial charge in [-0.25, -0.2) is 0 Å². The normalized spacial score (nSPS) is 15.7. The van der Waals surface area contributed by atoms with Crippen molar-refractivity contribution in [3.63, 3.8) is 0 Å². The second kappa shape index (κ2) is 37.6. The van der Waals surface area contributed by atoms with Crippen molar-refractivity contribution in [2.45, 2.75) is 167 Å². The van der Waals surface area contributed by atoms with Crippen LogP contribution < -0.4 is 0 Å². The molecule has 1 heterocycles. The second-order valence-electron chi connectivity index (χ2n) is 14.4. The standard InChI is InChI=1S/C41H81NO5S4/c1-4-6-30-48-34-36-50-32-18-14-10-8-12-16-24-41(25-17-13-9-11-15-19-33-51-37-35-49-31-7-5-2)46-38-39(47-41)23-29-45-40(44)22-20-26-42(3)27-21-28-43/h39,43H,4-38H2,1-3H3. The van der Waals surface area contributed by atoms with Gasteiger partial charge in [-0.15, -0.1) is 0 Å². The Hall–Kier alpha value is 0.710. The number of thioether (sulfide) groups is 4. The molecule has 0 bridgehead atoms. The van der Waals surface area contributed by atoms with Crippen LogP contribution in [-0.2, 0) is 19.0 Å². The van der Waals surface area contributed by atoms with E-state index in [1.807, 2.05) is 7.05 Å². The van der Waals surface area contributed by atoms with Crippen molar-refractivity contribution < 1.29 is 24.1 Å². The Morgan fingerprint density at radius 2 is 1.14 bits per heavy atom. The lowest BCUT2D eigenvalue weighted by Gasteiger charge is -2.28. The Morgan fingerprint density at radius 1 is 0.667 bits per heavy atom. The first kappa shape index (κ1) is 49.7. The van der Waals surface area contributed by atoms with Crippen LogP contribution in [0.4, 0.5) is 0 Å². The van der Waals surface area contributed by atoms with Gasteiger partial charge in [-0.3, -0.25) is 4.79 Å². The van der Waals surface area contributed by atoms with Crippen LogP contribution in [0.25, 0.3) is 0 Å². The minimum absolute atomic E-state index is 0.00695. The SMILES string of the molecule is CCCCSCCSCCCCCCCCC1(CCCCCCCCSCCSCCCC)OCC(CCOC(=O)CCCN(C)CCCO)O1. The van der Waals surface area contributed by atoms with E-state index in [1.54, 1.807) is 0 Å². The molecule has 1 atom stereocenters. The molecule has 304 valence electrons. The lowest BCUT2D eigenvalue weighted by Crippen LogP contribution is -2.31. The monoisotopic (exact) mass is 795 g/mol. The van der Waals surface area contributed by atoms with Gasteiger partial charge in [-0.1, -0.05) is 78.1 Å². The second-order valence-corrected chi connectivity index (χ2v) is 19.3. The lowest BCUT2D eigenvalue weighted by molar-refractivity contribution is -0.181. The predicted molar refractivity (Wildman–Crippen MR) is 231 cm³/mol. The molecule has 1 N–H and O–H groups in total. The van der Waals surface area contributed by atoms with Crippen LogP contribution >= 0.6 is 47.0 Å². The van der Waals surface area contributed by atoms with Gasteiger partial charge in [0.1, 0.15) is 0 Å². The molecule has 1 unspecified atom stereocenters. The maximum Gasteiger partial charge on any atom is 0.305 e. The lowest BCUT2D eigenvalue weighted by atomic mass is 9.99. The van der Waals surface area contributed by atoms with Gasteiger partial charge >= 0.3 is 5.97 Å². The molecule has 1 aliphatic heterocycles. The van der Waals surface area contributed by atoms with Gasteiger partial charge in [0.25, 0.3) is 0 Å². The number of aliphatic hydroxyl groups excluding tert-OH is 1. The number of hydrogen-bond acceptors (Lipinski definition) is 10. The molecule has 1 fully saturated rings. The van der Waals surface area contributed by atoms with E-state index in [9.17, 15) is 4.79 Å². The van der Waals surface area contributed by atoms with Gasteiger partial charge in [0.15, 0.2) is 5.79 Å². The van der Waals surface area contributed by atoms with Gasteiger partial charge in [0.2, 0.25) is 0 Å². The third-order valence-corrected chi connectivity index (χ3v) is 14.3. The molecule has 0 spiro atoms. The molecule has 1 aliphatic rings. The highest BCUT2D eigenvalue weighted by molar-refractivity contribution is 8.03. The molecule has 0 aromatic rings. The highest BCUT2D eigenvalue weighted by atomic mass is 32.2. The average molecular weight is 796 g/mol. The van der Waals surface area contributed by atoms with E-state index in [2.05, 4.69) is 65.8 Å². The highest BCUT2D eigenvalue weighted by Gasteiger charge is 2.40. The van der Waals surface area contributed by atoms with Crippen molar-refractivity contribution in [1.82, 2.24) is 4.90 Å². The molecular formula is C41H81NO5S4. The molecular weight excluding hydrogens is 715 g/mol. The number of ether oxygens (including phenoxy) is 3. The van der Waals surface area contributed by atoms with E-state index in [-0.39, 0.29) is 18.7 Å². The van der Waals surface area contributed by atoms with Gasteiger partial charge in [-0.2, -0.15) is 47.0 Å². The molecule has 1 saturated heterocycles. The summed E-state index contributed by atoms with van der Waals surface area (Å²) < 4.78 is 18.7. The van der Waals surface area contributed by atoms with Gasteiger partial charge in [0, 0.05) is 61.8 Å². The van der Waals surface area contributed by atoms with E-state index in [0.717, 1.165) is 51.6 Å². The van der Waals surface area contributed by atoms with E-state index >= 15 is 0 Å². The van der Waals surface area contributed by atoms with Crippen LogP contribution in [0.1, 0.15) is 155 Å². The number of rotatable bonds is 40. The van der Waals surface area contributed by atoms with Crippen molar-refractivity contribution in [2.24, 2.45) is 0 Å². The third-order valence-electron chi connectivity index (χ3n) is 9.46. The zero-order chi connectivity index (χ0) is 36.9. The van der Waals surface area contributed by atoms with E-state index < -0.39 is 5.79 Å². The Kier molecular flexibility index (Phi) is 36.7. The first-order chi connectivity index (χ1) is 25.0. The minimum Gasteiger partial charge on any atom is -0.466 e. The van der Waals surface area contributed by atoms with E-state index in [1.165, 1.54) is 136 Å². The summed E-state index contributed by atoms with van der Waals surface area (Å²) in [4.78, 5) is 14.5. The molecule has 0 radical (unpaired) electrons. The highest BCUT2D eigenvalue weighted by Crippen LogP contribution is 2.35. The van der Waals surface area contributed by atoms with Crippen molar-refractivity contribution in [3.05, 3.63) is 0 Å². The van der Waals surface area contributed by atoms with Crippen LogP contribution in [0.15, 0.2) is 0 Å². The molecule has 0 aromatic heterocycles. The Morgan fingerprint density at radius 3 is 1.65 bits per heavy atom. The largest absolute Gasteiger partial charge is 0.466 e. The first-order valence-corrected chi connectivity index (χ1v) is 25.7. The number of carbonyl (C=O) groups is 1. The Labute approximate surface area is 333 Å². The fourth-order valence-corrected chi connectivity index (χ4v) is 10.7. The fourth-order valence-electron chi connectivity index (χ4n) is 6.22. The van der Waals surface area contributed by atoms with Crippen LogP contribution in [-0.4, -0.2) is 114 Å². The van der Waals surface area contributed by atoms with Crippen LogP contribution in [0.2, 0.25) is 0 Å². The average Bonchev–Trinajstić information content (AvgIpc) is 3.53. The molecule has 0 saturated carbocycles. The Balaban J connectivity index is 2.28. The van der Waals surface area contributed by atoms with E-state index in [4.69, 9.17) is 19.3 Å². The first-order valence-electron chi connectivity index (χ1n) is 21.1. The van der Waals surface area contributed by atoms with Crippen molar-refractivity contribution >= 4 is 53.0 Å². The zero-order valence-electron chi connectivity index (χ0n) is 33.5. The summed E-state index contributed by atoms with van der Waals surface area (Å²) in [5.41, 5.74) is 0. The van der Waals surface area contributed by atoms with Gasteiger partial charge in [-0.05, 0) is 88.0 Å². The summed E-state index contributed by atoms with van der Waals surface area (Å²) in [5.74, 6) is 9.94. The quantitative estimate of drug-likeness (QED) is 0.0479. The minimum atomic E-state index is -0.453. The molecule has 0 amide bonds. The number of unbranched alkanes of at least 4 members (excludes halogenated alkanes) is 12. The summed E-state index contributed by atoms with van der Waals surface area (Å²) in [6.07, 6.45) is 25.5. The smallest absolute Gasteiger partial charge is 0.305 e. The summed E-state index contributed by atoms with van der Waals surface area (Å²) in [5, 5.41) is 8.99. The summed E-state index contributed by atoms with van der Waals surface area (Å²) in [7, 11) is 2.03. The van der Waals surface area contributed by atoms with Crippen molar-refractivity contribution in [2.75, 3.05) is 86.0 Å². The van der Waals surface area contributed by atoms with Gasteiger partial charge in [0.05, 0.1) is 19.3 Å². The Bertz CT molecular complexity index is 721. The van der Waals surface area contributed by atoms with Gasteiger partial charge < -0.3 is 24.2 Å². The number of aliphatic hydroxyl groups is 1. The third kappa shape index (κ3) is 31.6. The topological polar surface area (TPSA) is 68.2 Å². The molecule has 1 rings (SSSR count). The zero-order valence-corrected chi connectivity index (χ0v) is 36.8. The molecule has 10 heteroatoms. The summed E-state index contributed by atoms with van der Waals surface area (Å²) in [6, 6.07) is 0. The molecule has 51 heavy (non-hydrogen) atoms. The summed E-state index contributed by atoms with van der Waals surface area (Å²) in [6.45, 7) is 7.45. The number of hydrogen-bond donors (Lipinski definition) is 1. The molecule has 6 nitrogen and oxygen atoms in total. The van der Waals surface area contributed by atoms with Crippen molar-refractivity contribution in [3.8, 4) is 0 Å². The number of nitrogens with zero attached hydrogens (tertiary/aromatic N) is 1. The van der Waals surface area contributed by atoms with Crippen LogP contribution in [0, 0.1) is 0 Å². The summed E-state index contributed by atoms with van der Waals surface area (Å²) >= 11 is 8.51. The maximum atomic E-state index is 12.3. The maximum absolute atomic E-state index is 12.3. The fraction of sp³-hybridized carbons (Fsp3) is 0.976. The molecule has 0 aliphatic carbocycles. The van der Waals surface area contributed by atoms with Crippen LogP contribution in [0.3, 0.4) is 0 Å². The van der Waals surface area contributed by atoms with E-state index in [0.29, 0.717) is 26.1 Å². The van der Waals surface area contributed by atoms with Crippen molar-refractivity contribution in [1.29, 1.82) is 0 Å².